The van der Waals surface area contributed by atoms with E-state index in [9.17, 15) is 8.78 Å². The zero-order chi connectivity index (χ0) is 18.2. The molecule has 0 bridgehead atoms. The van der Waals surface area contributed by atoms with Gasteiger partial charge in [-0.05, 0) is 42.7 Å². The van der Waals surface area contributed by atoms with Crippen LogP contribution in [0.4, 0.5) is 8.78 Å². The fourth-order valence-electron chi connectivity index (χ4n) is 3.01. The lowest BCUT2D eigenvalue weighted by Crippen LogP contribution is -2.26. The first-order valence-electron chi connectivity index (χ1n) is 8.25. The molecule has 0 heterocycles. The highest BCUT2D eigenvalue weighted by Gasteiger charge is 2.17. The molecule has 0 aliphatic carbocycles. The largest absolute Gasteiger partial charge is 0.376 e. The second-order valence-corrected chi connectivity index (χ2v) is 6.05. The second kappa shape index (κ2) is 9.31. The van der Waals surface area contributed by atoms with E-state index in [4.69, 9.17) is 11.2 Å². The molecule has 0 spiro atoms. The molecule has 0 aliphatic rings. The van der Waals surface area contributed by atoms with Crippen molar-refractivity contribution >= 4 is 0 Å². The van der Waals surface area contributed by atoms with Crippen molar-refractivity contribution in [3.8, 4) is 12.3 Å². The molecule has 0 radical (unpaired) electrons. The summed E-state index contributed by atoms with van der Waals surface area (Å²) in [5, 5.41) is 3.20. The van der Waals surface area contributed by atoms with E-state index in [1.54, 1.807) is 0 Å². The van der Waals surface area contributed by atoms with Gasteiger partial charge in [0.1, 0.15) is 11.6 Å². The smallest absolute Gasteiger partial charge is 0.131 e. The van der Waals surface area contributed by atoms with E-state index >= 15 is 0 Å². The minimum Gasteiger partial charge on any atom is -0.376 e. The van der Waals surface area contributed by atoms with Crippen LogP contribution in [0.15, 0.2) is 36.4 Å². The van der Waals surface area contributed by atoms with Crippen LogP contribution in [-0.4, -0.2) is 19.7 Å². The number of nitrogens with one attached hydrogen (secondary N) is 1. The Morgan fingerprint density at radius 2 is 1.68 bits per heavy atom. The molecule has 2 nitrogen and oxygen atoms in total. The third kappa shape index (κ3) is 5.12. The number of aryl methyl sites for hydroxylation is 2. The van der Waals surface area contributed by atoms with Gasteiger partial charge in [0.05, 0.1) is 19.8 Å². The fraction of sp³-hybridized carbons (Fsp3) is 0.333. The van der Waals surface area contributed by atoms with E-state index in [2.05, 4.69) is 11.2 Å². The van der Waals surface area contributed by atoms with Crippen LogP contribution in [0, 0.1) is 37.8 Å². The van der Waals surface area contributed by atoms with Crippen molar-refractivity contribution in [2.75, 3.05) is 19.7 Å². The second-order valence-electron chi connectivity index (χ2n) is 6.05. The summed E-state index contributed by atoms with van der Waals surface area (Å²) < 4.78 is 33.1. The van der Waals surface area contributed by atoms with Crippen molar-refractivity contribution in [1.82, 2.24) is 5.32 Å². The summed E-state index contributed by atoms with van der Waals surface area (Å²) in [7, 11) is 0. The summed E-state index contributed by atoms with van der Waals surface area (Å²) in [5.74, 6) is 1.42. The molecule has 132 valence electrons. The zero-order valence-corrected chi connectivity index (χ0v) is 14.6. The molecule has 0 fully saturated rings. The summed E-state index contributed by atoms with van der Waals surface area (Å²) in [5.41, 5.74) is 3.46. The average molecular weight is 343 g/mol. The third-order valence-electron chi connectivity index (χ3n) is 4.20. The minimum absolute atomic E-state index is 0.0423. The number of benzene rings is 2. The first kappa shape index (κ1) is 19.1. The molecule has 0 saturated heterocycles. The fourth-order valence-corrected chi connectivity index (χ4v) is 3.01. The number of terminal acetylenes is 1. The Morgan fingerprint density at radius 3 is 2.28 bits per heavy atom. The van der Waals surface area contributed by atoms with Crippen molar-refractivity contribution in [2.45, 2.75) is 26.4 Å². The van der Waals surface area contributed by atoms with Crippen LogP contribution in [0.5, 0.6) is 0 Å². The maximum atomic E-state index is 13.7. The van der Waals surface area contributed by atoms with Crippen molar-refractivity contribution in [3.63, 3.8) is 0 Å². The maximum absolute atomic E-state index is 13.7. The molecule has 0 aliphatic heterocycles. The Bertz CT molecular complexity index is 712. The predicted molar refractivity (Wildman–Crippen MR) is 96.4 cm³/mol. The van der Waals surface area contributed by atoms with Gasteiger partial charge in [-0.15, -0.1) is 6.42 Å². The Labute approximate surface area is 148 Å². The van der Waals surface area contributed by atoms with Crippen LogP contribution < -0.4 is 5.32 Å². The molecule has 0 aromatic heterocycles. The lowest BCUT2D eigenvalue weighted by molar-refractivity contribution is 0.102. The van der Waals surface area contributed by atoms with Crippen LogP contribution in [-0.2, 0) is 11.3 Å². The molecule has 0 amide bonds. The Balaban J connectivity index is 2.10. The molecule has 1 N–H and O–H groups in total. The van der Waals surface area contributed by atoms with Gasteiger partial charge in [0, 0.05) is 18.0 Å². The van der Waals surface area contributed by atoms with Crippen LogP contribution in [0.3, 0.4) is 0 Å². The highest BCUT2D eigenvalue weighted by molar-refractivity contribution is 5.37. The molecular formula is C21H23F2NO. The van der Waals surface area contributed by atoms with Crippen LogP contribution in [0.25, 0.3) is 0 Å². The number of rotatable bonds is 8. The van der Waals surface area contributed by atoms with Crippen molar-refractivity contribution < 1.29 is 13.5 Å². The van der Waals surface area contributed by atoms with Gasteiger partial charge in [0.15, 0.2) is 0 Å². The molecule has 0 saturated carbocycles. The van der Waals surface area contributed by atoms with Crippen LogP contribution >= 0.6 is 0 Å². The Hall–Kier alpha value is -2.22. The summed E-state index contributed by atoms with van der Waals surface area (Å²) in [6.07, 6.45) is 5.30. The van der Waals surface area contributed by atoms with E-state index in [1.807, 2.05) is 32.0 Å². The molecule has 25 heavy (non-hydrogen) atoms. The highest BCUT2D eigenvalue weighted by Crippen LogP contribution is 2.24. The highest BCUT2D eigenvalue weighted by atomic mass is 19.1. The maximum Gasteiger partial charge on any atom is 0.131 e. The van der Waals surface area contributed by atoms with Crippen LogP contribution in [0.2, 0.25) is 0 Å². The lowest BCUT2D eigenvalue weighted by Gasteiger charge is -2.22. The molecule has 2 aromatic rings. The molecule has 1 unspecified atom stereocenters. The van der Waals surface area contributed by atoms with E-state index in [-0.39, 0.29) is 18.1 Å². The lowest BCUT2D eigenvalue weighted by atomic mass is 9.91. The van der Waals surface area contributed by atoms with Gasteiger partial charge in [0.2, 0.25) is 0 Å². The topological polar surface area (TPSA) is 21.3 Å². The first-order chi connectivity index (χ1) is 12.0. The SMILES string of the molecule is C#CCNCC(COCc1c(F)cccc1F)c1c(C)cccc1C. The van der Waals surface area contributed by atoms with Gasteiger partial charge in [-0.3, -0.25) is 0 Å². The molecule has 4 heteroatoms. The van der Waals surface area contributed by atoms with Gasteiger partial charge >= 0.3 is 0 Å². The monoisotopic (exact) mass is 343 g/mol. The summed E-state index contributed by atoms with van der Waals surface area (Å²) in [6.45, 7) is 5.44. The number of hydrogen-bond acceptors (Lipinski definition) is 2. The van der Waals surface area contributed by atoms with E-state index < -0.39 is 11.6 Å². The summed E-state index contributed by atoms with van der Waals surface area (Å²) in [4.78, 5) is 0. The summed E-state index contributed by atoms with van der Waals surface area (Å²) in [6, 6.07) is 9.92. The third-order valence-corrected chi connectivity index (χ3v) is 4.20. The number of hydrogen-bond donors (Lipinski definition) is 1. The molecule has 2 aromatic carbocycles. The number of halogens is 2. The van der Waals surface area contributed by atoms with E-state index in [0.717, 1.165) is 11.1 Å². The van der Waals surface area contributed by atoms with Crippen LogP contribution in [0.1, 0.15) is 28.2 Å². The minimum atomic E-state index is -0.589. The van der Waals surface area contributed by atoms with Gasteiger partial charge in [0.25, 0.3) is 0 Å². The van der Waals surface area contributed by atoms with Gasteiger partial charge in [-0.1, -0.05) is 30.2 Å². The molecule has 1 atom stereocenters. The summed E-state index contributed by atoms with van der Waals surface area (Å²) >= 11 is 0. The van der Waals surface area contributed by atoms with Crippen molar-refractivity contribution in [2.24, 2.45) is 0 Å². The average Bonchev–Trinajstić information content (AvgIpc) is 2.57. The van der Waals surface area contributed by atoms with E-state index in [1.165, 1.54) is 23.8 Å². The molecule has 2 rings (SSSR count). The number of ether oxygens (including phenoxy) is 1. The Morgan fingerprint density at radius 1 is 1.08 bits per heavy atom. The predicted octanol–water partition coefficient (Wildman–Crippen LogP) is 4.10. The Kier molecular flexibility index (Phi) is 7.12. The quantitative estimate of drug-likeness (QED) is 0.575. The van der Waals surface area contributed by atoms with Gasteiger partial charge in [-0.25, -0.2) is 8.78 Å². The van der Waals surface area contributed by atoms with Crippen molar-refractivity contribution in [1.29, 1.82) is 0 Å². The van der Waals surface area contributed by atoms with Gasteiger partial charge in [-0.2, -0.15) is 0 Å². The van der Waals surface area contributed by atoms with E-state index in [0.29, 0.717) is 19.7 Å². The standard InChI is InChI=1S/C21H23F2NO/c1-4-11-24-12-17(21-15(2)7-5-8-16(21)3)13-25-14-18-19(22)9-6-10-20(18)23/h1,5-10,17,24H,11-14H2,2-3H3. The molecular weight excluding hydrogens is 320 g/mol. The zero-order valence-electron chi connectivity index (χ0n) is 14.6. The van der Waals surface area contributed by atoms with Crippen molar-refractivity contribution in [3.05, 3.63) is 70.3 Å². The van der Waals surface area contributed by atoms with Gasteiger partial charge < -0.3 is 10.1 Å². The first-order valence-corrected chi connectivity index (χ1v) is 8.25. The normalized spacial score (nSPS) is 12.0.